The fraction of sp³-hybridized carbons (Fsp3) is 0.417. The molecule has 0 bridgehead atoms. The lowest BCUT2D eigenvalue weighted by atomic mass is 10.1. The van der Waals surface area contributed by atoms with E-state index in [1.165, 1.54) is 0 Å². The van der Waals surface area contributed by atoms with Crippen LogP contribution in [0.1, 0.15) is 51.9 Å². The highest BCUT2D eigenvalue weighted by Crippen LogP contribution is 2.41. The molecule has 29 heavy (non-hydrogen) atoms. The molecule has 0 aliphatic heterocycles. The Kier molecular flexibility index (Phi) is 5.24. The first-order valence-electron chi connectivity index (χ1n) is 10.1. The Labute approximate surface area is 175 Å². The lowest BCUT2D eigenvalue weighted by Crippen LogP contribution is -2.44. The van der Waals surface area contributed by atoms with Gasteiger partial charge in [0.2, 0.25) is 0 Å². The summed E-state index contributed by atoms with van der Waals surface area (Å²) in [5, 5.41) is 1.25. The first-order chi connectivity index (χ1) is 13.3. The molecule has 3 aromatic rings. The number of hydrogen-bond donors (Lipinski definition) is 0. The molecule has 0 saturated carbocycles. The van der Waals surface area contributed by atoms with Crippen molar-refractivity contribution in [1.82, 2.24) is 9.22 Å². The highest BCUT2D eigenvalue weighted by Gasteiger charge is 2.39. The molecular weight excluding hydrogens is 376 g/mol. The third kappa shape index (κ3) is 4.15. The van der Waals surface area contributed by atoms with Gasteiger partial charge in [0, 0.05) is 28.9 Å². The summed E-state index contributed by atoms with van der Waals surface area (Å²) in [7, 11) is -1.93. The molecular formula is C24H32N2O2Si. The molecule has 3 rings (SSSR count). The van der Waals surface area contributed by atoms with Crippen LogP contribution in [-0.2, 0) is 4.74 Å². The van der Waals surface area contributed by atoms with E-state index in [0.29, 0.717) is 5.56 Å². The fourth-order valence-corrected chi connectivity index (χ4v) is 5.20. The highest BCUT2D eigenvalue weighted by molar-refractivity contribution is 6.79. The lowest BCUT2D eigenvalue weighted by molar-refractivity contribution is 0.00697. The van der Waals surface area contributed by atoms with Crippen molar-refractivity contribution in [2.75, 3.05) is 0 Å². The van der Waals surface area contributed by atoms with Gasteiger partial charge in [-0.15, -0.1) is 0 Å². The van der Waals surface area contributed by atoms with Crippen molar-refractivity contribution in [1.29, 1.82) is 0 Å². The first-order valence-corrected chi connectivity index (χ1v) is 13.1. The molecule has 0 amide bonds. The van der Waals surface area contributed by atoms with Gasteiger partial charge in [-0.2, -0.15) is 0 Å². The number of ether oxygens (including phenoxy) is 1. The van der Waals surface area contributed by atoms with Crippen molar-refractivity contribution in [3.05, 3.63) is 54.4 Å². The zero-order chi connectivity index (χ0) is 21.6. The van der Waals surface area contributed by atoms with Gasteiger partial charge in [0.05, 0.1) is 11.3 Å². The molecule has 0 unspecified atom stereocenters. The summed E-state index contributed by atoms with van der Waals surface area (Å²) in [6.45, 7) is 17.3. The van der Waals surface area contributed by atoms with Gasteiger partial charge in [0.25, 0.3) is 0 Å². The zero-order valence-corrected chi connectivity index (χ0v) is 19.8. The van der Waals surface area contributed by atoms with Crippen molar-refractivity contribution in [3.8, 4) is 11.3 Å². The van der Waals surface area contributed by atoms with Gasteiger partial charge in [-0.1, -0.05) is 46.0 Å². The second-order valence-corrected chi connectivity index (χ2v) is 15.3. The number of rotatable bonds is 3. The van der Waals surface area contributed by atoms with E-state index in [-0.39, 0.29) is 11.0 Å². The number of benzene rings is 1. The van der Waals surface area contributed by atoms with Crippen molar-refractivity contribution in [2.24, 2.45) is 0 Å². The molecule has 0 N–H and O–H groups in total. The van der Waals surface area contributed by atoms with Gasteiger partial charge in [-0.3, -0.25) is 4.98 Å². The van der Waals surface area contributed by atoms with Crippen LogP contribution in [-0.4, -0.2) is 29.0 Å². The zero-order valence-electron chi connectivity index (χ0n) is 18.8. The van der Waals surface area contributed by atoms with Crippen LogP contribution in [0.2, 0.25) is 18.1 Å². The smallest absolute Gasteiger partial charge is 0.338 e. The normalized spacial score (nSPS) is 13.0. The number of pyridine rings is 1. The third-order valence-electron chi connectivity index (χ3n) is 5.82. The molecule has 0 aliphatic carbocycles. The van der Waals surface area contributed by atoms with Crippen LogP contribution in [0.15, 0.2) is 48.8 Å². The summed E-state index contributed by atoms with van der Waals surface area (Å²) in [5.74, 6) is -0.290. The van der Waals surface area contributed by atoms with E-state index in [1.807, 2.05) is 63.4 Å². The van der Waals surface area contributed by atoms with Gasteiger partial charge >= 0.3 is 5.97 Å². The average molecular weight is 409 g/mol. The highest BCUT2D eigenvalue weighted by atomic mass is 28.3. The van der Waals surface area contributed by atoms with Crippen LogP contribution < -0.4 is 0 Å². The standard InChI is InChI=1S/C24H32N2O2Si/c1-23(2,3)28-22(27)17-12-13-18-19(20-11-9-10-14-25-20)16-26(21(18)15-17)29(7,8)24(4,5)6/h9-16H,1-8H3. The second-order valence-electron chi connectivity index (χ2n) is 10.2. The topological polar surface area (TPSA) is 44.1 Å². The molecule has 5 heteroatoms. The average Bonchev–Trinajstić information content (AvgIpc) is 2.99. The largest absolute Gasteiger partial charge is 0.456 e. The maximum atomic E-state index is 12.7. The predicted molar refractivity (Wildman–Crippen MR) is 123 cm³/mol. The molecule has 1 aromatic carbocycles. The number of aromatic nitrogens is 2. The molecule has 0 atom stereocenters. The van der Waals surface area contributed by atoms with E-state index in [9.17, 15) is 4.79 Å². The molecule has 2 aromatic heterocycles. The maximum Gasteiger partial charge on any atom is 0.338 e. The molecule has 0 spiro atoms. The van der Waals surface area contributed by atoms with Crippen molar-refractivity contribution < 1.29 is 9.53 Å². The maximum absolute atomic E-state index is 12.7. The Hall–Kier alpha value is -2.40. The van der Waals surface area contributed by atoms with E-state index in [1.54, 1.807) is 0 Å². The molecule has 154 valence electrons. The van der Waals surface area contributed by atoms with E-state index in [4.69, 9.17) is 4.74 Å². The van der Waals surface area contributed by atoms with Crippen LogP contribution in [0.25, 0.3) is 22.2 Å². The summed E-state index contributed by atoms with van der Waals surface area (Å²) in [6.07, 6.45) is 4.04. The van der Waals surface area contributed by atoms with E-state index >= 15 is 0 Å². The van der Waals surface area contributed by atoms with Gasteiger partial charge in [0.15, 0.2) is 8.24 Å². The van der Waals surface area contributed by atoms with Gasteiger partial charge in [-0.25, -0.2) is 4.79 Å². The lowest BCUT2D eigenvalue weighted by Gasteiger charge is -2.38. The monoisotopic (exact) mass is 408 g/mol. The number of hydrogen-bond acceptors (Lipinski definition) is 3. The Morgan fingerprint density at radius 3 is 2.28 bits per heavy atom. The first kappa shape index (κ1) is 21.3. The molecule has 0 radical (unpaired) electrons. The number of carbonyl (C=O) groups is 1. The summed E-state index contributed by atoms with van der Waals surface area (Å²) in [6, 6.07) is 11.8. The Morgan fingerprint density at radius 1 is 1.03 bits per heavy atom. The van der Waals surface area contributed by atoms with Crippen LogP contribution >= 0.6 is 0 Å². The van der Waals surface area contributed by atoms with E-state index in [2.05, 4.69) is 49.3 Å². The predicted octanol–water partition coefficient (Wildman–Crippen LogP) is 6.51. The quantitative estimate of drug-likeness (QED) is 0.366. The molecule has 0 fully saturated rings. The number of fused-ring (bicyclic) bond motifs is 1. The number of esters is 1. The van der Waals surface area contributed by atoms with Gasteiger partial charge in [-0.05, 0) is 50.1 Å². The summed E-state index contributed by atoms with van der Waals surface area (Å²) >= 11 is 0. The minimum Gasteiger partial charge on any atom is -0.456 e. The minimum atomic E-state index is -1.93. The SMILES string of the molecule is CC(C)(C)OC(=O)c1ccc2c(-c3ccccn3)cn([Si](C)(C)C(C)(C)C)c2c1. The van der Waals surface area contributed by atoms with Crippen LogP contribution in [0, 0.1) is 0 Å². The summed E-state index contributed by atoms with van der Waals surface area (Å²) in [4.78, 5) is 17.3. The number of nitrogens with zero attached hydrogens (tertiary/aromatic N) is 2. The molecule has 2 heterocycles. The van der Waals surface area contributed by atoms with Crippen molar-refractivity contribution >= 4 is 25.1 Å². The third-order valence-corrected chi connectivity index (χ3v) is 11.1. The minimum absolute atomic E-state index is 0.141. The Morgan fingerprint density at radius 2 is 1.72 bits per heavy atom. The van der Waals surface area contributed by atoms with Crippen molar-refractivity contribution in [2.45, 2.75) is 65.3 Å². The van der Waals surface area contributed by atoms with E-state index < -0.39 is 13.8 Å². The fourth-order valence-electron chi connectivity index (χ4n) is 3.24. The summed E-state index contributed by atoms with van der Waals surface area (Å²) < 4.78 is 8.02. The second kappa shape index (κ2) is 7.13. The molecule has 0 aliphatic rings. The van der Waals surface area contributed by atoms with Crippen LogP contribution in [0.5, 0.6) is 0 Å². The van der Waals surface area contributed by atoms with Crippen LogP contribution in [0.4, 0.5) is 0 Å². The number of carbonyl (C=O) groups excluding carboxylic acids is 1. The Bertz CT molecular complexity index is 1040. The molecule has 4 nitrogen and oxygen atoms in total. The van der Waals surface area contributed by atoms with Crippen molar-refractivity contribution in [3.63, 3.8) is 0 Å². The van der Waals surface area contributed by atoms with Gasteiger partial charge < -0.3 is 8.97 Å². The molecule has 0 saturated heterocycles. The summed E-state index contributed by atoms with van der Waals surface area (Å²) in [5.41, 5.74) is 3.17. The Balaban J connectivity index is 2.25. The van der Waals surface area contributed by atoms with Crippen LogP contribution in [0.3, 0.4) is 0 Å². The van der Waals surface area contributed by atoms with E-state index in [0.717, 1.165) is 22.2 Å². The van der Waals surface area contributed by atoms with Gasteiger partial charge in [0.1, 0.15) is 5.60 Å².